The van der Waals surface area contributed by atoms with Gasteiger partial charge in [0.05, 0.1) is 37.3 Å². The van der Waals surface area contributed by atoms with Crippen molar-refractivity contribution in [3.8, 4) is 0 Å². The minimum absolute atomic E-state index is 0.217. The number of benzene rings is 1. The van der Waals surface area contributed by atoms with Crippen molar-refractivity contribution >= 4 is 15.9 Å². The van der Waals surface area contributed by atoms with Gasteiger partial charge in [-0.1, -0.05) is 0 Å². The fraction of sp³-hybridized carbons (Fsp3) is 0.375. The number of nitrogens with one attached hydrogen (secondary N) is 1. The molecule has 0 unspecified atom stereocenters. The van der Waals surface area contributed by atoms with Crippen LogP contribution in [0.1, 0.15) is 27.3 Å². The summed E-state index contributed by atoms with van der Waals surface area (Å²) in [6.45, 7) is 3.03. The monoisotopic (exact) mass is 366 g/mol. The van der Waals surface area contributed by atoms with Gasteiger partial charge in [-0.2, -0.15) is 9.40 Å². The van der Waals surface area contributed by atoms with Crippen LogP contribution in [0.15, 0.2) is 24.3 Å². The molecule has 1 N–H and O–H groups in total. The van der Waals surface area contributed by atoms with Crippen LogP contribution in [0.2, 0.25) is 0 Å². The number of hydrogen-bond donors (Lipinski definition) is 1. The van der Waals surface area contributed by atoms with Crippen LogP contribution in [-0.2, 0) is 29.7 Å². The van der Waals surface area contributed by atoms with E-state index < -0.39 is 10.0 Å². The molecule has 1 amide bonds. The number of carbonyl (C=O) groups is 1. The summed E-state index contributed by atoms with van der Waals surface area (Å²) in [7, 11) is -3.24. The number of aromatic nitrogens is 2. The van der Waals surface area contributed by atoms with E-state index in [2.05, 4.69) is 10.4 Å². The average Bonchev–Trinajstić information content (AvgIpc) is 2.93. The van der Waals surface area contributed by atoms with Crippen molar-refractivity contribution in [1.82, 2.24) is 19.4 Å². The predicted octanol–water partition coefficient (Wildman–Crippen LogP) is 1.04. The van der Waals surface area contributed by atoms with Gasteiger partial charge >= 0.3 is 0 Å². The highest BCUT2D eigenvalue weighted by Crippen LogP contribution is 2.16. The normalized spacial score (nSPS) is 15.0. The van der Waals surface area contributed by atoms with E-state index in [1.54, 1.807) is 17.7 Å². The molecule has 0 radical (unpaired) electrons. The molecule has 1 aromatic heterocycles. The summed E-state index contributed by atoms with van der Waals surface area (Å²) in [5.74, 6) is -0.688. The second kappa shape index (κ2) is 6.57. The minimum Gasteiger partial charge on any atom is -0.346 e. The zero-order valence-electron chi connectivity index (χ0n) is 14.0. The summed E-state index contributed by atoms with van der Waals surface area (Å²) in [4.78, 5) is 12.2. The van der Waals surface area contributed by atoms with Crippen LogP contribution in [0.5, 0.6) is 0 Å². The van der Waals surface area contributed by atoms with Gasteiger partial charge in [-0.3, -0.25) is 9.48 Å². The summed E-state index contributed by atoms with van der Waals surface area (Å²) in [6.07, 6.45) is 1.19. The number of halogens is 1. The lowest BCUT2D eigenvalue weighted by Gasteiger charge is -2.25. The zero-order valence-corrected chi connectivity index (χ0v) is 14.8. The Balaban J connectivity index is 1.67. The minimum atomic E-state index is -3.24. The molecule has 2 aromatic rings. The quantitative estimate of drug-likeness (QED) is 0.876. The first-order valence-electron chi connectivity index (χ1n) is 7.79. The fourth-order valence-corrected chi connectivity index (χ4v) is 3.60. The third-order valence-electron chi connectivity index (χ3n) is 4.15. The number of aryl methyl sites for hydroxylation is 1. The van der Waals surface area contributed by atoms with Crippen molar-refractivity contribution in [3.63, 3.8) is 0 Å². The van der Waals surface area contributed by atoms with Crippen LogP contribution in [0.25, 0.3) is 0 Å². The number of sulfonamides is 1. The summed E-state index contributed by atoms with van der Waals surface area (Å²) in [5, 5.41) is 7.15. The molecular weight excluding hydrogens is 347 g/mol. The van der Waals surface area contributed by atoms with Crippen molar-refractivity contribution in [2.45, 2.75) is 26.6 Å². The first-order chi connectivity index (χ1) is 11.7. The number of amides is 1. The Morgan fingerprint density at radius 1 is 1.32 bits per heavy atom. The summed E-state index contributed by atoms with van der Waals surface area (Å²) < 4.78 is 39.6. The highest BCUT2D eigenvalue weighted by molar-refractivity contribution is 7.88. The van der Waals surface area contributed by atoms with Gasteiger partial charge in [-0.05, 0) is 36.8 Å². The Bertz CT molecular complexity index is 923. The van der Waals surface area contributed by atoms with Crippen molar-refractivity contribution in [2.24, 2.45) is 0 Å². The van der Waals surface area contributed by atoms with E-state index in [0.29, 0.717) is 29.9 Å². The Kier molecular flexibility index (Phi) is 4.61. The van der Waals surface area contributed by atoms with Gasteiger partial charge in [-0.25, -0.2) is 12.8 Å². The number of hydrogen-bond acceptors (Lipinski definition) is 4. The van der Waals surface area contributed by atoms with Crippen molar-refractivity contribution in [1.29, 1.82) is 0 Å². The smallest absolute Gasteiger partial charge is 0.251 e. The maximum Gasteiger partial charge on any atom is 0.251 e. The standard InChI is InChI=1S/C16H19FN4O3S/c1-11-7-12(17)3-4-15(11)16(22)18-9-13-8-14-10-20(25(2,23)24)5-6-21(14)19-13/h3-4,7-8H,5-6,9-10H2,1-2H3,(H,18,22). The molecule has 7 nitrogen and oxygen atoms in total. The summed E-state index contributed by atoms with van der Waals surface area (Å²) >= 11 is 0. The molecule has 2 heterocycles. The van der Waals surface area contributed by atoms with Gasteiger partial charge < -0.3 is 5.32 Å². The molecule has 1 aliphatic rings. The molecule has 1 aromatic carbocycles. The Morgan fingerprint density at radius 2 is 2.08 bits per heavy atom. The van der Waals surface area contributed by atoms with Gasteiger partial charge in [0.1, 0.15) is 5.82 Å². The van der Waals surface area contributed by atoms with Crippen molar-refractivity contribution in [2.75, 3.05) is 12.8 Å². The number of nitrogens with zero attached hydrogens (tertiary/aromatic N) is 3. The molecule has 0 saturated heterocycles. The van der Waals surface area contributed by atoms with Crippen LogP contribution in [0.4, 0.5) is 4.39 Å². The SMILES string of the molecule is Cc1cc(F)ccc1C(=O)NCc1cc2n(n1)CCN(S(C)(=O)=O)C2. The first-order valence-corrected chi connectivity index (χ1v) is 9.64. The van der Waals surface area contributed by atoms with Crippen LogP contribution in [0.3, 0.4) is 0 Å². The molecule has 25 heavy (non-hydrogen) atoms. The fourth-order valence-electron chi connectivity index (χ4n) is 2.82. The van der Waals surface area contributed by atoms with Gasteiger partial charge in [0.2, 0.25) is 10.0 Å². The Hall–Kier alpha value is -2.26. The first kappa shape index (κ1) is 17.6. The molecule has 9 heteroatoms. The molecule has 0 saturated carbocycles. The maximum absolute atomic E-state index is 13.1. The molecular formula is C16H19FN4O3S. The highest BCUT2D eigenvalue weighted by Gasteiger charge is 2.24. The third-order valence-corrected chi connectivity index (χ3v) is 5.40. The van der Waals surface area contributed by atoms with Gasteiger partial charge in [0, 0.05) is 12.1 Å². The van der Waals surface area contributed by atoms with E-state index in [4.69, 9.17) is 0 Å². The van der Waals surface area contributed by atoms with Gasteiger partial charge in [-0.15, -0.1) is 0 Å². The van der Waals surface area contributed by atoms with Gasteiger partial charge in [0.25, 0.3) is 5.91 Å². The second-order valence-electron chi connectivity index (χ2n) is 6.09. The third kappa shape index (κ3) is 3.88. The number of fused-ring (bicyclic) bond motifs is 1. The lowest BCUT2D eigenvalue weighted by molar-refractivity contribution is 0.0949. The Labute approximate surface area is 145 Å². The van der Waals surface area contributed by atoms with E-state index in [0.717, 1.165) is 5.69 Å². The van der Waals surface area contributed by atoms with Crippen LogP contribution >= 0.6 is 0 Å². The van der Waals surface area contributed by atoms with Crippen molar-refractivity contribution < 1.29 is 17.6 Å². The predicted molar refractivity (Wildman–Crippen MR) is 89.8 cm³/mol. The number of rotatable bonds is 4. The van der Waals surface area contributed by atoms with Crippen LogP contribution < -0.4 is 5.32 Å². The maximum atomic E-state index is 13.1. The van der Waals surface area contributed by atoms with E-state index >= 15 is 0 Å². The van der Waals surface area contributed by atoms with E-state index in [9.17, 15) is 17.6 Å². The number of carbonyl (C=O) groups excluding carboxylic acids is 1. The summed E-state index contributed by atoms with van der Waals surface area (Å²) in [5.41, 5.74) is 2.41. The lowest BCUT2D eigenvalue weighted by Crippen LogP contribution is -2.37. The molecule has 0 atom stereocenters. The molecule has 134 valence electrons. The van der Waals surface area contributed by atoms with E-state index in [1.807, 2.05) is 0 Å². The summed E-state index contributed by atoms with van der Waals surface area (Å²) in [6, 6.07) is 5.79. The average molecular weight is 366 g/mol. The topological polar surface area (TPSA) is 84.3 Å². The largest absolute Gasteiger partial charge is 0.346 e. The highest BCUT2D eigenvalue weighted by atomic mass is 32.2. The molecule has 0 bridgehead atoms. The molecule has 0 spiro atoms. The molecule has 3 rings (SSSR count). The van der Waals surface area contributed by atoms with Crippen LogP contribution in [0, 0.1) is 12.7 Å². The molecule has 0 aliphatic carbocycles. The second-order valence-corrected chi connectivity index (χ2v) is 8.07. The lowest BCUT2D eigenvalue weighted by atomic mass is 10.1. The van der Waals surface area contributed by atoms with E-state index in [1.165, 1.54) is 28.8 Å². The zero-order chi connectivity index (χ0) is 18.2. The van der Waals surface area contributed by atoms with Gasteiger partial charge in [0.15, 0.2) is 0 Å². The Morgan fingerprint density at radius 3 is 2.76 bits per heavy atom. The van der Waals surface area contributed by atoms with Crippen LogP contribution in [-0.4, -0.2) is 41.2 Å². The van der Waals surface area contributed by atoms with Crippen molar-refractivity contribution in [3.05, 3.63) is 52.6 Å². The van der Waals surface area contributed by atoms with E-state index in [-0.39, 0.29) is 24.8 Å². The molecule has 1 aliphatic heterocycles. The molecule has 0 fully saturated rings.